The summed E-state index contributed by atoms with van der Waals surface area (Å²) in [6.07, 6.45) is 0. The van der Waals surface area contributed by atoms with E-state index in [4.69, 9.17) is 5.73 Å². The number of amides is 2. The molecule has 0 unspecified atom stereocenters. The molecule has 4 N–H and O–H groups in total. The number of nitrogens with zero attached hydrogens (tertiary/aromatic N) is 2. The highest BCUT2D eigenvalue weighted by Gasteiger charge is 2.20. The minimum atomic E-state index is -0.879. The molecule has 3 aromatic rings. The summed E-state index contributed by atoms with van der Waals surface area (Å²) < 4.78 is 29.5. The Labute approximate surface area is 159 Å². The van der Waals surface area contributed by atoms with Crippen molar-refractivity contribution < 1.29 is 13.6 Å². The predicted octanol–water partition coefficient (Wildman–Crippen LogP) is 2.83. The first-order chi connectivity index (χ1) is 13.3. The van der Waals surface area contributed by atoms with Gasteiger partial charge >= 0.3 is 6.03 Å². The molecule has 0 bridgehead atoms. The van der Waals surface area contributed by atoms with E-state index in [9.17, 15) is 18.4 Å². The van der Waals surface area contributed by atoms with Crippen molar-refractivity contribution in [3.05, 3.63) is 64.2 Å². The summed E-state index contributed by atoms with van der Waals surface area (Å²) >= 11 is 0. The molecular formula is C19H19F2N5O2. The molecule has 0 radical (unpaired) electrons. The molecular weight excluding hydrogens is 368 g/mol. The zero-order chi connectivity index (χ0) is 20.4. The third-order valence-electron chi connectivity index (χ3n) is 4.06. The summed E-state index contributed by atoms with van der Waals surface area (Å²) in [6, 6.07) is 6.99. The number of nitrogens with two attached hydrogens (primary N) is 1. The molecule has 0 saturated heterocycles. The number of benzene rings is 2. The third kappa shape index (κ3) is 3.56. The average Bonchev–Trinajstić information content (AvgIpc) is 2.64. The first kappa shape index (κ1) is 19.4. The van der Waals surface area contributed by atoms with Gasteiger partial charge in [-0.15, -0.1) is 0 Å². The van der Waals surface area contributed by atoms with Crippen molar-refractivity contribution in [1.82, 2.24) is 14.9 Å². The molecule has 1 heterocycles. The van der Waals surface area contributed by atoms with Gasteiger partial charge in [0.1, 0.15) is 28.4 Å². The number of hydrogen-bond donors (Lipinski definition) is 3. The van der Waals surface area contributed by atoms with Crippen molar-refractivity contribution >= 4 is 22.6 Å². The monoisotopic (exact) mass is 387 g/mol. The molecule has 2 aromatic carbocycles. The number of fused-ring (bicyclic) bond motifs is 1. The van der Waals surface area contributed by atoms with Crippen LogP contribution in [-0.2, 0) is 0 Å². The number of rotatable bonds is 4. The highest BCUT2D eigenvalue weighted by atomic mass is 19.1. The number of carbonyl (C=O) groups excluding carboxylic acids is 1. The Morgan fingerprint density at radius 1 is 1.25 bits per heavy atom. The lowest BCUT2D eigenvalue weighted by Crippen LogP contribution is -2.29. The lowest BCUT2D eigenvalue weighted by atomic mass is 10.2. The number of carbonyl (C=O) groups is 1. The Hall–Kier alpha value is -3.33. The highest BCUT2D eigenvalue weighted by Crippen LogP contribution is 2.22. The van der Waals surface area contributed by atoms with Crippen LogP contribution in [0.2, 0.25) is 0 Å². The molecule has 0 fully saturated rings. The molecule has 3 rings (SSSR count). The summed E-state index contributed by atoms with van der Waals surface area (Å²) in [5, 5.41) is 4.75. The van der Waals surface area contributed by atoms with Crippen LogP contribution in [0.4, 0.5) is 19.3 Å². The van der Waals surface area contributed by atoms with E-state index >= 15 is 0 Å². The SMILES string of the molecule is CCNC(=O)Nc1cccc(-n2c([C@H](C)N)nc3c(F)ccc(F)c3c2=O)c1. The number of urea groups is 1. The molecule has 1 aromatic heterocycles. The van der Waals surface area contributed by atoms with Gasteiger partial charge in [-0.1, -0.05) is 6.07 Å². The van der Waals surface area contributed by atoms with Crippen LogP contribution in [0.1, 0.15) is 25.7 Å². The van der Waals surface area contributed by atoms with E-state index in [-0.39, 0.29) is 11.3 Å². The second-order valence-electron chi connectivity index (χ2n) is 6.19. The Morgan fingerprint density at radius 2 is 1.96 bits per heavy atom. The summed E-state index contributed by atoms with van der Waals surface area (Å²) in [6.45, 7) is 3.80. The van der Waals surface area contributed by atoms with E-state index in [0.717, 1.165) is 16.7 Å². The van der Waals surface area contributed by atoms with Gasteiger partial charge in [-0.3, -0.25) is 9.36 Å². The maximum Gasteiger partial charge on any atom is 0.319 e. The molecule has 0 aliphatic carbocycles. The maximum atomic E-state index is 14.3. The van der Waals surface area contributed by atoms with E-state index in [1.54, 1.807) is 32.0 Å². The van der Waals surface area contributed by atoms with Crippen LogP contribution < -0.4 is 21.9 Å². The van der Waals surface area contributed by atoms with Gasteiger partial charge in [-0.05, 0) is 44.2 Å². The van der Waals surface area contributed by atoms with Crippen molar-refractivity contribution in [3.63, 3.8) is 0 Å². The molecule has 7 nitrogen and oxygen atoms in total. The zero-order valence-corrected chi connectivity index (χ0v) is 15.3. The number of anilines is 1. The van der Waals surface area contributed by atoms with Gasteiger partial charge in [0.2, 0.25) is 0 Å². The quantitative estimate of drug-likeness (QED) is 0.641. The zero-order valence-electron chi connectivity index (χ0n) is 15.3. The lowest BCUT2D eigenvalue weighted by Gasteiger charge is -2.17. The van der Waals surface area contributed by atoms with Gasteiger partial charge in [-0.25, -0.2) is 18.6 Å². The van der Waals surface area contributed by atoms with E-state index in [1.807, 2.05) is 0 Å². The fourth-order valence-corrected chi connectivity index (χ4v) is 2.85. The molecule has 2 amide bonds. The second kappa shape index (κ2) is 7.73. The van der Waals surface area contributed by atoms with Gasteiger partial charge in [0.15, 0.2) is 0 Å². The molecule has 9 heteroatoms. The van der Waals surface area contributed by atoms with Crippen molar-refractivity contribution in [1.29, 1.82) is 0 Å². The Bertz CT molecular complexity index is 1110. The van der Waals surface area contributed by atoms with Gasteiger partial charge in [0.25, 0.3) is 5.56 Å². The summed E-state index contributed by atoms with van der Waals surface area (Å²) in [5.74, 6) is -1.62. The van der Waals surface area contributed by atoms with E-state index in [1.165, 1.54) is 6.07 Å². The average molecular weight is 387 g/mol. The first-order valence-corrected chi connectivity index (χ1v) is 8.65. The normalized spacial score (nSPS) is 12.0. The van der Waals surface area contributed by atoms with Crippen molar-refractivity contribution in [3.8, 4) is 5.69 Å². The molecule has 146 valence electrons. The van der Waals surface area contributed by atoms with Crippen LogP contribution in [0, 0.1) is 11.6 Å². The molecule has 0 aliphatic rings. The molecule has 28 heavy (non-hydrogen) atoms. The van der Waals surface area contributed by atoms with Crippen LogP contribution in [0.5, 0.6) is 0 Å². The third-order valence-corrected chi connectivity index (χ3v) is 4.06. The summed E-state index contributed by atoms with van der Waals surface area (Å²) in [4.78, 5) is 28.9. The predicted molar refractivity (Wildman–Crippen MR) is 103 cm³/mol. The lowest BCUT2D eigenvalue weighted by molar-refractivity contribution is 0.252. The first-order valence-electron chi connectivity index (χ1n) is 8.65. The Morgan fingerprint density at radius 3 is 2.64 bits per heavy atom. The van der Waals surface area contributed by atoms with E-state index in [0.29, 0.717) is 17.9 Å². The van der Waals surface area contributed by atoms with E-state index in [2.05, 4.69) is 15.6 Å². The van der Waals surface area contributed by atoms with Gasteiger partial charge < -0.3 is 16.4 Å². The van der Waals surface area contributed by atoms with Crippen LogP contribution in [0.3, 0.4) is 0 Å². The fraction of sp³-hybridized carbons (Fsp3) is 0.211. The van der Waals surface area contributed by atoms with Crippen molar-refractivity contribution in [2.45, 2.75) is 19.9 Å². The Kier molecular flexibility index (Phi) is 5.36. The minimum Gasteiger partial charge on any atom is -0.338 e. The van der Waals surface area contributed by atoms with Crippen LogP contribution in [0.15, 0.2) is 41.2 Å². The molecule has 0 saturated carbocycles. The molecule has 0 aliphatic heterocycles. The molecule has 0 spiro atoms. The summed E-state index contributed by atoms with van der Waals surface area (Å²) in [5.41, 5.74) is 5.50. The van der Waals surface area contributed by atoms with Gasteiger partial charge in [-0.2, -0.15) is 0 Å². The Balaban J connectivity index is 2.24. The number of halogens is 2. The van der Waals surface area contributed by atoms with Gasteiger partial charge in [0, 0.05) is 12.2 Å². The van der Waals surface area contributed by atoms with Crippen LogP contribution in [0.25, 0.3) is 16.6 Å². The largest absolute Gasteiger partial charge is 0.338 e. The smallest absolute Gasteiger partial charge is 0.319 e. The minimum absolute atomic E-state index is 0.0668. The summed E-state index contributed by atoms with van der Waals surface area (Å²) in [7, 11) is 0. The fourth-order valence-electron chi connectivity index (χ4n) is 2.85. The van der Waals surface area contributed by atoms with Crippen molar-refractivity contribution in [2.75, 3.05) is 11.9 Å². The maximum absolute atomic E-state index is 14.3. The van der Waals surface area contributed by atoms with Crippen LogP contribution in [-0.4, -0.2) is 22.1 Å². The second-order valence-corrected chi connectivity index (χ2v) is 6.19. The van der Waals surface area contributed by atoms with Crippen molar-refractivity contribution in [2.24, 2.45) is 5.73 Å². The van der Waals surface area contributed by atoms with Gasteiger partial charge in [0.05, 0.1) is 11.7 Å². The number of nitrogens with one attached hydrogen (secondary N) is 2. The highest BCUT2D eigenvalue weighted by molar-refractivity contribution is 5.89. The van der Waals surface area contributed by atoms with Crippen LogP contribution >= 0.6 is 0 Å². The van der Waals surface area contributed by atoms with E-state index < -0.39 is 34.7 Å². The number of hydrogen-bond acceptors (Lipinski definition) is 4. The standard InChI is InChI=1S/C19H19F2N5O2/c1-3-23-19(28)24-11-5-4-6-12(9-11)26-17(10(2)22)25-16-14(21)8-7-13(20)15(16)18(26)27/h4-10H,3,22H2,1-2H3,(H2,23,24,28)/t10-/m0/s1. The topological polar surface area (TPSA) is 102 Å². The molecule has 1 atom stereocenters. The number of aromatic nitrogens is 2.